The van der Waals surface area contributed by atoms with Crippen molar-refractivity contribution < 1.29 is 0 Å². The van der Waals surface area contributed by atoms with E-state index in [-0.39, 0.29) is 0 Å². The second kappa shape index (κ2) is 4.94. The molecule has 2 nitrogen and oxygen atoms in total. The molecular weight excluding hydrogens is 172 g/mol. The van der Waals surface area contributed by atoms with E-state index in [1.807, 2.05) is 0 Å². The summed E-state index contributed by atoms with van der Waals surface area (Å²) in [7, 11) is 0. The smallest absolute Gasteiger partial charge is 0.0165 e. The van der Waals surface area contributed by atoms with Crippen LogP contribution in [0.3, 0.4) is 0 Å². The van der Waals surface area contributed by atoms with Gasteiger partial charge in [-0.1, -0.05) is 11.6 Å². The van der Waals surface area contributed by atoms with Crippen molar-refractivity contribution in [2.75, 3.05) is 32.7 Å². The maximum atomic E-state index is 3.49. The molecule has 80 valence electrons. The van der Waals surface area contributed by atoms with Gasteiger partial charge in [0.1, 0.15) is 0 Å². The fraction of sp³-hybridized carbons (Fsp3) is 0.833. The molecule has 2 aliphatic heterocycles. The Hall–Kier alpha value is -0.340. The Kier molecular flexibility index (Phi) is 3.60. The van der Waals surface area contributed by atoms with E-state index in [1.165, 1.54) is 52.0 Å². The molecule has 1 fully saturated rings. The van der Waals surface area contributed by atoms with E-state index in [0.29, 0.717) is 0 Å². The van der Waals surface area contributed by atoms with Crippen LogP contribution < -0.4 is 5.32 Å². The van der Waals surface area contributed by atoms with Crippen LogP contribution in [0.25, 0.3) is 0 Å². The summed E-state index contributed by atoms with van der Waals surface area (Å²) in [5, 5.41) is 3.49. The van der Waals surface area contributed by atoms with E-state index in [1.54, 1.807) is 5.57 Å². The van der Waals surface area contributed by atoms with Crippen molar-refractivity contribution >= 4 is 0 Å². The summed E-state index contributed by atoms with van der Waals surface area (Å²) in [6.45, 7) is 8.48. The number of nitrogens with one attached hydrogen (secondary N) is 1. The highest BCUT2D eigenvalue weighted by Gasteiger charge is 2.17. The second-order valence-electron chi connectivity index (χ2n) is 4.77. The predicted molar refractivity (Wildman–Crippen MR) is 60.4 cm³/mol. The van der Waals surface area contributed by atoms with Gasteiger partial charge >= 0.3 is 0 Å². The molecule has 1 N–H and O–H groups in total. The van der Waals surface area contributed by atoms with E-state index >= 15 is 0 Å². The lowest BCUT2D eigenvalue weighted by Crippen LogP contribution is -2.39. The predicted octanol–water partition coefficient (Wildman–Crippen LogP) is 1.64. The highest BCUT2D eigenvalue weighted by molar-refractivity contribution is 5.03. The van der Waals surface area contributed by atoms with Gasteiger partial charge in [0.15, 0.2) is 0 Å². The van der Waals surface area contributed by atoms with E-state index in [9.17, 15) is 0 Å². The first-order valence-corrected chi connectivity index (χ1v) is 5.93. The molecule has 2 heterocycles. The Balaban J connectivity index is 1.74. The number of nitrogens with zero attached hydrogens (tertiary/aromatic N) is 1. The van der Waals surface area contributed by atoms with Crippen molar-refractivity contribution in [1.29, 1.82) is 0 Å². The van der Waals surface area contributed by atoms with E-state index in [2.05, 4.69) is 23.2 Å². The minimum atomic E-state index is 0.899. The lowest BCUT2D eigenvalue weighted by molar-refractivity contribution is 0.220. The van der Waals surface area contributed by atoms with Crippen LogP contribution in [0.5, 0.6) is 0 Å². The summed E-state index contributed by atoms with van der Waals surface area (Å²) in [5.41, 5.74) is 1.57. The minimum Gasteiger partial charge on any atom is -0.316 e. The molecule has 2 heteroatoms. The quantitative estimate of drug-likeness (QED) is 0.672. The van der Waals surface area contributed by atoms with Gasteiger partial charge in [-0.25, -0.2) is 0 Å². The molecule has 0 saturated carbocycles. The molecule has 0 aromatic heterocycles. The largest absolute Gasteiger partial charge is 0.316 e. The summed E-state index contributed by atoms with van der Waals surface area (Å²) in [4.78, 5) is 2.60. The van der Waals surface area contributed by atoms with Gasteiger partial charge < -0.3 is 5.32 Å². The zero-order chi connectivity index (χ0) is 9.80. The molecule has 1 atom stereocenters. The van der Waals surface area contributed by atoms with Crippen molar-refractivity contribution in [1.82, 2.24) is 10.2 Å². The Labute approximate surface area is 87.4 Å². The summed E-state index contributed by atoms with van der Waals surface area (Å²) >= 11 is 0. The van der Waals surface area contributed by atoms with Crippen molar-refractivity contribution in [3.63, 3.8) is 0 Å². The average Bonchev–Trinajstić information content (AvgIpc) is 2.23. The van der Waals surface area contributed by atoms with Crippen molar-refractivity contribution in [2.24, 2.45) is 5.92 Å². The molecule has 1 saturated heterocycles. The monoisotopic (exact) mass is 194 g/mol. The molecule has 2 aliphatic rings. The fourth-order valence-corrected chi connectivity index (χ4v) is 2.42. The van der Waals surface area contributed by atoms with Crippen molar-refractivity contribution in [2.45, 2.75) is 26.2 Å². The van der Waals surface area contributed by atoms with Crippen LogP contribution in [0.2, 0.25) is 0 Å². The first-order chi connectivity index (χ1) is 6.84. The van der Waals surface area contributed by atoms with Gasteiger partial charge in [0, 0.05) is 19.6 Å². The molecule has 14 heavy (non-hydrogen) atoms. The Morgan fingerprint density at radius 1 is 1.57 bits per heavy atom. The zero-order valence-electron chi connectivity index (χ0n) is 9.26. The van der Waals surface area contributed by atoms with Crippen LogP contribution in [0.4, 0.5) is 0 Å². The summed E-state index contributed by atoms with van der Waals surface area (Å²) in [6, 6.07) is 0. The lowest BCUT2D eigenvalue weighted by Gasteiger charge is -2.31. The van der Waals surface area contributed by atoms with Gasteiger partial charge in [-0.05, 0) is 45.2 Å². The molecule has 0 spiro atoms. The zero-order valence-corrected chi connectivity index (χ0v) is 9.26. The molecule has 0 aromatic carbocycles. The highest BCUT2D eigenvalue weighted by Crippen LogP contribution is 2.15. The lowest BCUT2D eigenvalue weighted by atomic mass is 9.98. The standard InChI is InChI=1S/C12H22N2/c1-11-4-7-14(8-5-11)10-12-3-2-6-13-9-12/h4,12-13H,2-3,5-10H2,1H3. The maximum absolute atomic E-state index is 3.49. The third-order valence-corrected chi connectivity index (χ3v) is 3.44. The summed E-state index contributed by atoms with van der Waals surface area (Å²) < 4.78 is 0. The first kappa shape index (κ1) is 10.2. The topological polar surface area (TPSA) is 15.3 Å². The SMILES string of the molecule is CC1=CCN(CC2CCCNC2)CC1. The Bertz CT molecular complexity index is 204. The third-order valence-electron chi connectivity index (χ3n) is 3.44. The molecule has 2 rings (SSSR count). The van der Waals surface area contributed by atoms with Gasteiger partial charge in [0.25, 0.3) is 0 Å². The fourth-order valence-electron chi connectivity index (χ4n) is 2.42. The number of hydrogen-bond acceptors (Lipinski definition) is 2. The Morgan fingerprint density at radius 3 is 3.14 bits per heavy atom. The first-order valence-electron chi connectivity index (χ1n) is 5.93. The van der Waals surface area contributed by atoms with Crippen LogP contribution in [0.1, 0.15) is 26.2 Å². The average molecular weight is 194 g/mol. The van der Waals surface area contributed by atoms with Crippen LogP contribution in [-0.2, 0) is 0 Å². The minimum absolute atomic E-state index is 0.899. The van der Waals surface area contributed by atoms with E-state index < -0.39 is 0 Å². The van der Waals surface area contributed by atoms with Gasteiger partial charge in [0.2, 0.25) is 0 Å². The van der Waals surface area contributed by atoms with Gasteiger partial charge in [-0.2, -0.15) is 0 Å². The third kappa shape index (κ3) is 2.82. The number of hydrogen-bond donors (Lipinski definition) is 1. The van der Waals surface area contributed by atoms with Gasteiger partial charge in [-0.15, -0.1) is 0 Å². The van der Waals surface area contributed by atoms with Crippen LogP contribution >= 0.6 is 0 Å². The van der Waals surface area contributed by atoms with Crippen molar-refractivity contribution in [3.8, 4) is 0 Å². The second-order valence-corrected chi connectivity index (χ2v) is 4.77. The van der Waals surface area contributed by atoms with Crippen LogP contribution in [0, 0.1) is 5.92 Å². The molecule has 0 radical (unpaired) electrons. The van der Waals surface area contributed by atoms with Gasteiger partial charge in [0.05, 0.1) is 0 Å². The highest BCUT2D eigenvalue weighted by atomic mass is 15.1. The molecule has 0 bridgehead atoms. The molecule has 1 unspecified atom stereocenters. The van der Waals surface area contributed by atoms with E-state index in [4.69, 9.17) is 0 Å². The summed E-state index contributed by atoms with van der Waals surface area (Å²) in [6.07, 6.45) is 6.46. The van der Waals surface area contributed by atoms with Crippen LogP contribution in [-0.4, -0.2) is 37.6 Å². The van der Waals surface area contributed by atoms with E-state index in [0.717, 1.165) is 5.92 Å². The molecule has 0 amide bonds. The number of piperidine rings is 1. The Morgan fingerprint density at radius 2 is 2.50 bits per heavy atom. The van der Waals surface area contributed by atoms with Crippen molar-refractivity contribution in [3.05, 3.63) is 11.6 Å². The molecule has 0 aromatic rings. The number of rotatable bonds is 2. The normalized spacial score (nSPS) is 30.1. The van der Waals surface area contributed by atoms with Crippen LogP contribution in [0.15, 0.2) is 11.6 Å². The van der Waals surface area contributed by atoms with Gasteiger partial charge in [-0.3, -0.25) is 4.90 Å². The molecular formula is C12H22N2. The summed E-state index contributed by atoms with van der Waals surface area (Å²) in [5.74, 6) is 0.899. The maximum Gasteiger partial charge on any atom is 0.0165 e. The molecule has 0 aliphatic carbocycles.